The van der Waals surface area contributed by atoms with Gasteiger partial charge < -0.3 is 0 Å². The predicted molar refractivity (Wildman–Crippen MR) is 70.8 cm³/mol. The molecule has 84 valence electrons. The van der Waals surface area contributed by atoms with Crippen molar-refractivity contribution in [3.8, 4) is 0 Å². The lowest BCUT2D eigenvalue weighted by atomic mass is 9.91. The molecule has 3 heteroatoms. The van der Waals surface area contributed by atoms with Crippen LogP contribution in [0.5, 0.6) is 0 Å². The first-order chi connectivity index (χ1) is 7.40. The van der Waals surface area contributed by atoms with Crippen molar-refractivity contribution in [2.45, 2.75) is 38.3 Å². The van der Waals surface area contributed by atoms with Crippen molar-refractivity contribution in [3.63, 3.8) is 0 Å². The summed E-state index contributed by atoms with van der Waals surface area (Å²) in [5.74, 6) is 0. The molecule has 0 amide bonds. The van der Waals surface area contributed by atoms with E-state index < -0.39 is 0 Å². The molecule has 1 saturated carbocycles. The van der Waals surface area contributed by atoms with Gasteiger partial charge in [0.25, 0.3) is 0 Å². The largest absolute Gasteiger partial charge is 0.296 e. The first-order valence-electron chi connectivity index (χ1n) is 5.71. The van der Waals surface area contributed by atoms with Crippen LogP contribution >= 0.6 is 27.3 Å². The molecule has 0 N–H and O–H groups in total. The molecule has 0 saturated heterocycles. The van der Waals surface area contributed by atoms with Gasteiger partial charge in [0, 0.05) is 17.9 Å². The minimum Gasteiger partial charge on any atom is -0.296 e. The van der Waals surface area contributed by atoms with Crippen molar-refractivity contribution >= 4 is 27.3 Å². The Bertz CT molecular complexity index is 269. The first-order valence-corrected chi connectivity index (χ1v) is 7.77. The van der Waals surface area contributed by atoms with Crippen LogP contribution in [0.15, 0.2) is 16.8 Å². The van der Waals surface area contributed by atoms with E-state index in [9.17, 15) is 0 Å². The summed E-state index contributed by atoms with van der Waals surface area (Å²) >= 11 is 5.33. The third-order valence-electron chi connectivity index (χ3n) is 3.14. The van der Waals surface area contributed by atoms with Crippen LogP contribution in [0.25, 0.3) is 0 Å². The van der Waals surface area contributed by atoms with Crippen LogP contribution in [0.3, 0.4) is 0 Å². The minimum atomic E-state index is 0.865. The third-order valence-corrected chi connectivity index (χ3v) is 4.43. The molecule has 1 heterocycles. The van der Waals surface area contributed by atoms with Crippen molar-refractivity contribution in [2.75, 3.05) is 11.9 Å². The van der Waals surface area contributed by atoms with Crippen molar-refractivity contribution in [1.29, 1.82) is 0 Å². The van der Waals surface area contributed by atoms with Crippen molar-refractivity contribution in [3.05, 3.63) is 22.4 Å². The summed E-state index contributed by atoms with van der Waals surface area (Å²) in [6, 6.07) is 3.12. The minimum absolute atomic E-state index is 0.865. The molecule has 0 aromatic carbocycles. The Hall–Kier alpha value is 0.140. The highest BCUT2D eigenvalue weighted by molar-refractivity contribution is 9.09. The Labute approximate surface area is 105 Å². The van der Waals surface area contributed by atoms with E-state index in [2.05, 4.69) is 37.7 Å². The van der Waals surface area contributed by atoms with E-state index in [1.807, 2.05) is 0 Å². The van der Waals surface area contributed by atoms with Crippen LogP contribution in [0.2, 0.25) is 0 Å². The quantitative estimate of drug-likeness (QED) is 0.718. The van der Waals surface area contributed by atoms with Crippen LogP contribution in [0, 0.1) is 0 Å². The second-order valence-corrected chi connectivity index (χ2v) is 5.80. The monoisotopic (exact) mass is 287 g/mol. The van der Waals surface area contributed by atoms with Gasteiger partial charge in [-0.1, -0.05) is 22.4 Å². The third kappa shape index (κ3) is 3.30. The molecule has 1 aromatic rings. The van der Waals surface area contributed by atoms with E-state index >= 15 is 0 Å². The lowest BCUT2D eigenvalue weighted by molar-refractivity contribution is 0.120. The molecule has 1 aromatic heterocycles. The first kappa shape index (κ1) is 11.6. The van der Waals surface area contributed by atoms with E-state index in [0.29, 0.717) is 0 Å². The molecule has 0 unspecified atom stereocenters. The SMILES string of the molecule is BrCCCN(Cc1ccsc1)C1CCC1. The highest BCUT2D eigenvalue weighted by Crippen LogP contribution is 2.26. The second kappa shape index (κ2) is 6.02. The highest BCUT2D eigenvalue weighted by atomic mass is 79.9. The molecule has 0 bridgehead atoms. The Morgan fingerprint density at radius 3 is 2.87 bits per heavy atom. The molecule has 1 aliphatic carbocycles. The van der Waals surface area contributed by atoms with E-state index in [-0.39, 0.29) is 0 Å². The van der Waals surface area contributed by atoms with Crippen molar-refractivity contribution in [1.82, 2.24) is 4.90 Å². The van der Waals surface area contributed by atoms with E-state index in [1.165, 1.54) is 37.8 Å². The zero-order valence-electron chi connectivity index (χ0n) is 8.99. The standard InChI is InChI=1S/C12H18BrNS/c13-6-2-7-14(12-3-1-4-12)9-11-5-8-15-10-11/h5,8,10,12H,1-4,6-7,9H2. The number of thiophene rings is 1. The van der Waals surface area contributed by atoms with E-state index in [1.54, 1.807) is 11.3 Å². The van der Waals surface area contributed by atoms with Gasteiger partial charge in [0.1, 0.15) is 0 Å². The summed E-state index contributed by atoms with van der Waals surface area (Å²) in [6.45, 7) is 2.40. The molecule has 0 radical (unpaired) electrons. The fraction of sp³-hybridized carbons (Fsp3) is 0.667. The van der Waals surface area contributed by atoms with Crippen molar-refractivity contribution < 1.29 is 0 Å². The van der Waals surface area contributed by atoms with Gasteiger partial charge in [-0.3, -0.25) is 4.90 Å². The fourth-order valence-corrected chi connectivity index (χ4v) is 2.93. The zero-order chi connectivity index (χ0) is 10.5. The summed E-state index contributed by atoms with van der Waals surface area (Å²) in [6.07, 6.45) is 5.51. The maximum Gasteiger partial charge on any atom is 0.0244 e. The molecule has 1 nitrogen and oxygen atoms in total. The molecule has 0 atom stereocenters. The molecule has 0 aliphatic heterocycles. The van der Waals surface area contributed by atoms with Gasteiger partial charge in [-0.25, -0.2) is 0 Å². The normalized spacial score (nSPS) is 16.9. The van der Waals surface area contributed by atoms with E-state index in [0.717, 1.165) is 17.9 Å². The number of alkyl halides is 1. The van der Waals surface area contributed by atoms with Crippen LogP contribution in [0.1, 0.15) is 31.2 Å². The number of halogens is 1. The Morgan fingerprint density at radius 1 is 1.47 bits per heavy atom. The smallest absolute Gasteiger partial charge is 0.0244 e. The van der Waals surface area contributed by atoms with E-state index in [4.69, 9.17) is 0 Å². The number of hydrogen-bond donors (Lipinski definition) is 0. The maximum atomic E-state index is 3.52. The van der Waals surface area contributed by atoms with Gasteiger partial charge in [-0.2, -0.15) is 11.3 Å². The molecule has 2 rings (SSSR count). The van der Waals surface area contributed by atoms with Gasteiger partial charge in [0.15, 0.2) is 0 Å². The number of nitrogens with zero attached hydrogens (tertiary/aromatic N) is 1. The second-order valence-electron chi connectivity index (χ2n) is 4.23. The lowest BCUT2D eigenvalue weighted by Gasteiger charge is -2.37. The highest BCUT2D eigenvalue weighted by Gasteiger charge is 2.24. The van der Waals surface area contributed by atoms with Crippen LogP contribution < -0.4 is 0 Å². The van der Waals surface area contributed by atoms with Crippen LogP contribution in [-0.2, 0) is 6.54 Å². The fourth-order valence-electron chi connectivity index (χ4n) is 2.02. The van der Waals surface area contributed by atoms with Gasteiger partial charge in [-0.05, 0) is 48.2 Å². The Kier molecular flexibility index (Phi) is 4.66. The summed E-state index contributed by atoms with van der Waals surface area (Å²) in [5.41, 5.74) is 1.49. The number of hydrogen-bond acceptors (Lipinski definition) is 2. The topological polar surface area (TPSA) is 3.24 Å². The Morgan fingerprint density at radius 2 is 2.33 bits per heavy atom. The summed E-state index contributed by atoms with van der Waals surface area (Å²) in [5, 5.41) is 5.58. The molecule has 15 heavy (non-hydrogen) atoms. The zero-order valence-corrected chi connectivity index (χ0v) is 11.4. The molecular weight excluding hydrogens is 270 g/mol. The summed E-state index contributed by atoms with van der Waals surface area (Å²) in [4.78, 5) is 2.66. The van der Waals surface area contributed by atoms with Crippen LogP contribution in [-0.4, -0.2) is 22.8 Å². The van der Waals surface area contributed by atoms with Gasteiger partial charge in [0.2, 0.25) is 0 Å². The molecule has 1 aliphatic rings. The van der Waals surface area contributed by atoms with Gasteiger partial charge in [0.05, 0.1) is 0 Å². The number of rotatable bonds is 6. The van der Waals surface area contributed by atoms with Gasteiger partial charge >= 0.3 is 0 Å². The van der Waals surface area contributed by atoms with Crippen molar-refractivity contribution in [2.24, 2.45) is 0 Å². The Balaban J connectivity index is 1.86. The van der Waals surface area contributed by atoms with Gasteiger partial charge in [-0.15, -0.1) is 0 Å². The molecule has 1 fully saturated rings. The molecule has 0 spiro atoms. The lowest BCUT2D eigenvalue weighted by Crippen LogP contribution is -2.40. The summed E-state index contributed by atoms with van der Waals surface area (Å²) in [7, 11) is 0. The predicted octanol–water partition coefficient (Wildman–Crippen LogP) is 3.89. The average Bonchev–Trinajstić information content (AvgIpc) is 2.64. The summed E-state index contributed by atoms with van der Waals surface area (Å²) < 4.78 is 0. The maximum absolute atomic E-state index is 3.52. The van der Waals surface area contributed by atoms with Crippen LogP contribution in [0.4, 0.5) is 0 Å². The molecular formula is C12H18BrNS. The average molecular weight is 288 g/mol.